The fourth-order valence-corrected chi connectivity index (χ4v) is 7.59. The average molecular weight is 991 g/mol. The predicted octanol–water partition coefficient (Wildman–Crippen LogP) is 7.60. The third-order valence-corrected chi connectivity index (χ3v) is 11.9. The Morgan fingerprint density at radius 2 is 0.929 bits per heavy atom. The summed E-state index contributed by atoms with van der Waals surface area (Å²) in [5.74, 6) is -1.05. The van der Waals surface area contributed by atoms with Crippen LogP contribution in [-0.2, 0) is 38.0 Å². The van der Waals surface area contributed by atoms with Crippen LogP contribution in [0.25, 0.3) is 0 Å². The molecule has 2 heterocycles. The van der Waals surface area contributed by atoms with Crippen molar-refractivity contribution in [1.29, 1.82) is 0 Å². The van der Waals surface area contributed by atoms with Crippen LogP contribution < -0.4 is 0 Å². The van der Waals surface area contributed by atoms with Crippen LogP contribution in [0.15, 0.2) is 85.1 Å². The fraction of sp³-hybridized carbons (Fsp3) is 0.709. The Kier molecular flexibility index (Phi) is 36.9. The standard InChI is InChI=1S/C55H90O15/c1-3-5-7-9-11-13-15-17-19-20-21-22-24-25-27-29-31-33-35-37-46(57)65-40-43(68-47(58)38-36-34-32-30-28-26-23-18-16-14-12-10-8-6-4-2)41-66-54-53(64)51(62)49(60)45(70-54)42-67-55-52(63)50(61)48(59)44(39-56)69-55/h5,7,11,13,17,19,21-22,25-28,31,33,43-45,48-56,59-64H,3-4,6,8-10,12,14-16,18,20,23-24,29-30,32,34-42H2,1-2H3/b7-5+,13-11+,19-17+,22-21+,27-25+,28-26+,33-31+/t43-,44+,45+,48-,49-,50?,51?,52?,53?,54+,55+/m0/s1. The van der Waals surface area contributed by atoms with Gasteiger partial charge in [0.15, 0.2) is 18.7 Å². The summed E-state index contributed by atoms with van der Waals surface area (Å²) in [6.45, 7) is 2.36. The molecule has 0 spiro atoms. The van der Waals surface area contributed by atoms with Crippen molar-refractivity contribution < 1.29 is 73.8 Å². The third kappa shape index (κ3) is 28.7. The second-order valence-electron chi connectivity index (χ2n) is 18.0. The number of aliphatic hydroxyl groups excluding tert-OH is 7. The van der Waals surface area contributed by atoms with Crippen molar-refractivity contribution >= 4 is 11.9 Å². The smallest absolute Gasteiger partial charge is 0.306 e. The predicted molar refractivity (Wildman–Crippen MR) is 270 cm³/mol. The largest absolute Gasteiger partial charge is 0.462 e. The summed E-state index contributed by atoms with van der Waals surface area (Å²) in [6.07, 6.45) is 33.4. The van der Waals surface area contributed by atoms with Gasteiger partial charge in [0, 0.05) is 12.8 Å². The van der Waals surface area contributed by atoms with Gasteiger partial charge in [-0.05, 0) is 77.0 Å². The van der Waals surface area contributed by atoms with Gasteiger partial charge in [-0.15, -0.1) is 0 Å². The quantitative estimate of drug-likeness (QED) is 0.0179. The number of hydrogen-bond donors (Lipinski definition) is 7. The zero-order chi connectivity index (χ0) is 51.0. The minimum Gasteiger partial charge on any atom is -0.462 e. The molecule has 2 saturated heterocycles. The lowest BCUT2D eigenvalue weighted by Gasteiger charge is -2.42. The number of ether oxygens (including phenoxy) is 6. The maximum atomic E-state index is 13.0. The van der Waals surface area contributed by atoms with Gasteiger partial charge in [0.2, 0.25) is 0 Å². The molecule has 0 bridgehead atoms. The summed E-state index contributed by atoms with van der Waals surface area (Å²) in [4.78, 5) is 25.7. The van der Waals surface area contributed by atoms with E-state index >= 15 is 0 Å². The molecule has 2 rings (SSSR count). The van der Waals surface area contributed by atoms with E-state index in [1.54, 1.807) is 0 Å². The Balaban J connectivity index is 1.85. The molecule has 0 saturated carbocycles. The molecule has 0 aliphatic carbocycles. The van der Waals surface area contributed by atoms with Crippen LogP contribution in [-0.4, -0.2) is 142 Å². The molecule has 15 nitrogen and oxygen atoms in total. The molecule has 11 atom stereocenters. The minimum absolute atomic E-state index is 0.0852. The molecule has 0 radical (unpaired) electrons. The summed E-state index contributed by atoms with van der Waals surface area (Å²) >= 11 is 0. The first-order valence-electron chi connectivity index (χ1n) is 26.2. The van der Waals surface area contributed by atoms with Gasteiger partial charge in [-0.1, -0.05) is 150 Å². The van der Waals surface area contributed by atoms with E-state index in [0.717, 1.165) is 64.2 Å². The molecule has 15 heteroatoms. The molecule has 7 N–H and O–H groups in total. The maximum absolute atomic E-state index is 13.0. The number of aliphatic hydroxyl groups is 7. The van der Waals surface area contributed by atoms with Gasteiger partial charge in [-0.3, -0.25) is 9.59 Å². The molecule has 4 unspecified atom stereocenters. The Morgan fingerprint density at radius 1 is 0.471 bits per heavy atom. The van der Waals surface area contributed by atoms with Crippen LogP contribution >= 0.6 is 0 Å². The number of rotatable bonds is 39. The molecule has 0 amide bonds. The molecule has 0 aromatic heterocycles. The first-order chi connectivity index (χ1) is 34.0. The lowest BCUT2D eigenvalue weighted by Crippen LogP contribution is -2.61. The summed E-state index contributed by atoms with van der Waals surface area (Å²) in [7, 11) is 0. The van der Waals surface area contributed by atoms with E-state index in [4.69, 9.17) is 28.4 Å². The van der Waals surface area contributed by atoms with E-state index < -0.39 is 99.3 Å². The lowest BCUT2D eigenvalue weighted by molar-refractivity contribution is -0.332. The van der Waals surface area contributed by atoms with Crippen LogP contribution in [0.4, 0.5) is 0 Å². The average Bonchev–Trinajstić information content (AvgIpc) is 3.35. The van der Waals surface area contributed by atoms with E-state index in [-0.39, 0.29) is 19.4 Å². The zero-order valence-corrected chi connectivity index (χ0v) is 42.2. The SMILES string of the molecule is CC/C=C/C/C=C/C/C=C/C/C=C/C/C=C/C/C=C/CCC(=O)OC[C@@H](CO[C@@H]1O[C@H](CO[C@@H]2O[C@H](CO)[C@H](O)C(O)C2O)[C@H](O)C(O)C1O)OC(=O)CCCCC/C=C/CCCCCCCCCC. The van der Waals surface area contributed by atoms with E-state index in [9.17, 15) is 45.3 Å². The van der Waals surface area contributed by atoms with Crippen LogP contribution in [0.3, 0.4) is 0 Å². The van der Waals surface area contributed by atoms with Crippen LogP contribution in [0, 0.1) is 0 Å². The Morgan fingerprint density at radius 3 is 1.47 bits per heavy atom. The normalized spacial score (nSPS) is 26.1. The fourth-order valence-electron chi connectivity index (χ4n) is 7.59. The molecule has 70 heavy (non-hydrogen) atoms. The highest BCUT2D eigenvalue weighted by Crippen LogP contribution is 2.26. The molecule has 0 aromatic carbocycles. The summed E-state index contributed by atoms with van der Waals surface area (Å²) < 4.78 is 33.5. The zero-order valence-electron chi connectivity index (χ0n) is 42.2. The lowest BCUT2D eigenvalue weighted by atomic mass is 9.98. The van der Waals surface area contributed by atoms with Gasteiger partial charge in [0.25, 0.3) is 0 Å². The van der Waals surface area contributed by atoms with Crippen molar-refractivity contribution in [1.82, 2.24) is 0 Å². The van der Waals surface area contributed by atoms with Crippen molar-refractivity contribution in [2.45, 2.75) is 223 Å². The number of hydrogen-bond acceptors (Lipinski definition) is 15. The highest BCUT2D eigenvalue weighted by molar-refractivity contribution is 5.70. The van der Waals surface area contributed by atoms with E-state index in [1.807, 2.05) is 12.2 Å². The number of carbonyl (C=O) groups is 2. The number of esters is 2. The van der Waals surface area contributed by atoms with Gasteiger partial charge in [0.05, 0.1) is 19.8 Å². The Labute approximate surface area is 418 Å². The topological polar surface area (TPSA) is 231 Å². The maximum Gasteiger partial charge on any atom is 0.306 e. The van der Waals surface area contributed by atoms with E-state index in [0.29, 0.717) is 12.8 Å². The van der Waals surface area contributed by atoms with Crippen LogP contribution in [0.5, 0.6) is 0 Å². The van der Waals surface area contributed by atoms with Crippen molar-refractivity contribution in [2.75, 3.05) is 26.4 Å². The monoisotopic (exact) mass is 991 g/mol. The highest BCUT2D eigenvalue weighted by Gasteiger charge is 2.47. The molecule has 400 valence electrons. The second-order valence-corrected chi connectivity index (χ2v) is 18.0. The second kappa shape index (κ2) is 41.2. The van der Waals surface area contributed by atoms with Crippen LogP contribution in [0.1, 0.15) is 155 Å². The Bertz CT molecular complexity index is 1540. The number of allylic oxidation sites excluding steroid dienone is 14. The van der Waals surface area contributed by atoms with Gasteiger partial charge >= 0.3 is 11.9 Å². The van der Waals surface area contributed by atoms with Gasteiger partial charge in [-0.25, -0.2) is 0 Å². The molecular formula is C55H90O15. The number of carbonyl (C=O) groups excluding carboxylic acids is 2. The van der Waals surface area contributed by atoms with Crippen LogP contribution in [0.2, 0.25) is 0 Å². The van der Waals surface area contributed by atoms with Crippen molar-refractivity contribution in [2.24, 2.45) is 0 Å². The van der Waals surface area contributed by atoms with E-state index in [2.05, 4.69) is 86.8 Å². The Hall–Kier alpha value is -3.32. The minimum atomic E-state index is -1.78. The first kappa shape index (κ1) is 62.8. The van der Waals surface area contributed by atoms with Gasteiger partial charge in [0.1, 0.15) is 55.4 Å². The highest BCUT2D eigenvalue weighted by atomic mass is 16.7. The molecule has 2 fully saturated rings. The summed E-state index contributed by atoms with van der Waals surface area (Å²) in [6, 6.07) is 0. The number of unbranched alkanes of at least 4 members (excludes halogenated alkanes) is 11. The molecule has 0 aromatic rings. The van der Waals surface area contributed by atoms with E-state index in [1.165, 1.54) is 51.4 Å². The molecule has 2 aliphatic rings. The first-order valence-corrected chi connectivity index (χ1v) is 26.2. The van der Waals surface area contributed by atoms with Gasteiger partial charge < -0.3 is 64.2 Å². The summed E-state index contributed by atoms with van der Waals surface area (Å²) in [5.41, 5.74) is 0. The van der Waals surface area contributed by atoms with Crippen molar-refractivity contribution in [3.63, 3.8) is 0 Å². The molecule has 2 aliphatic heterocycles. The van der Waals surface area contributed by atoms with Crippen molar-refractivity contribution in [3.8, 4) is 0 Å². The summed E-state index contributed by atoms with van der Waals surface area (Å²) in [5, 5.41) is 72.1. The molecular weight excluding hydrogens is 901 g/mol. The third-order valence-electron chi connectivity index (χ3n) is 11.9. The van der Waals surface area contributed by atoms with Gasteiger partial charge in [-0.2, -0.15) is 0 Å². The van der Waals surface area contributed by atoms with Crippen molar-refractivity contribution in [3.05, 3.63) is 85.1 Å².